The third-order valence-corrected chi connectivity index (χ3v) is 4.21. The van der Waals surface area contributed by atoms with Gasteiger partial charge in [0.15, 0.2) is 5.78 Å². The monoisotopic (exact) mass is 278 g/mol. The van der Waals surface area contributed by atoms with Crippen LogP contribution in [0.15, 0.2) is 29.2 Å². The maximum atomic E-state index is 11.8. The molecule has 0 radical (unpaired) electrons. The predicted molar refractivity (Wildman–Crippen MR) is 75.5 cm³/mol. The molecular weight excluding hydrogens is 260 g/mol. The number of Topliss-reactive ketones (excluding diaryl/α,β-unsaturated/α-hetero) is 1. The summed E-state index contributed by atoms with van der Waals surface area (Å²) in [7, 11) is 1.41. The minimum absolute atomic E-state index is 0.161. The Morgan fingerprint density at radius 2 is 1.95 bits per heavy atom. The van der Waals surface area contributed by atoms with E-state index in [9.17, 15) is 9.59 Å². The Hall–Kier alpha value is -1.29. The molecule has 1 aromatic carbocycles. The van der Waals surface area contributed by atoms with Gasteiger partial charge in [0, 0.05) is 22.8 Å². The summed E-state index contributed by atoms with van der Waals surface area (Å²) in [5.74, 6) is 1.28. The van der Waals surface area contributed by atoms with Crippen LogP contribution in [0.2, 0.25) is 0 Å². The van der Waals surface area contributed by atoms with E-state index in [1.165, 1.54) is 7.11 Å². The number of methoxy groups -OCH3 is 1. The zero-order chi connectivity index (χ0) is 13.7. The van der Waals surface area contributed by atoms with Crippen molar-refractivity contribution in [1.82, 2.24) is 0 Å². The van der Waals surface area contributed by atoms with E-state index in [-0.39, 0.29) is 17.7 Å². The summed E-state index contributed by atoms with van der Waals surface area (Å²) in [6.45, 7) is 0. The molecule has 102 valence electrons. The number of benzene rings is 1. The zero-order valence-corrected chi connectivity index (χ0v) is 11.9. The Labute approximate surface area is 117 Å². The minimum Gasteiger partial charge on any atom is -0.469 e. The molecule has 0 bridgehead atoms. The van der Waals surface area contributed by atoms with E-state index in [1.54, 1.807) is 11.8 Å². The van der Waals surface area contributed by atoms with Gasteiger partial charge in [0.1, 0.15) is 0 Å². The molecule has 0 aliphatic heterocycles. The van der Waals surface area contributed by atoms with Gasteiger partial charge in [0.05, 0.1) is 7.11 Å². The lowest BCUT2D eigenvalue weighted by atomic mass is 10.1. The second-order valence-electron chi connectivity index (χ2n) is 4.69. The molecule has 1 aromatic rings. The van der Waals surface area contributed by atoms with Gasteiger partial charge < -0.3 is 4.74 Å². The van der Waals surface area contributed by atoms with Gasteiger partial charge in [-0.1, -0.05) is 12.1 Å². The van der Waals surface area contributed by atoms with Crippen molar-refractivity contribution in [1.29, 1.82) is 0 Å². The van der Waals surface area contributed by atoms with Crippen LogP contribution >= 0.6 is 11.8 Å². The van der Waals surface area contributed by atoms with Crippen molar-refractivity contribution in [3.05, 3.63) is 29.8 Å². The molecule has 0 N–H and O–H groups in total. The first-order valence-corrected chi connectivity index (χ1v) is 7.53. The zero-order valence-electron chi connectivity index (χ0n) is 11.1. The van der Waals surface area contributed by atoms with Gasteiger partial charge in [-0.05, 0) is 37.1 Å². The first kappa shape index (κ1) is 14.1. The predicted octanol–water partition coefficient (Wildman–Crippen LogP) is 3.32. The van der Waals surface area contributed by atoms with E-state index < -0.39 is 0 Å². The summed E-state index contributed by atoms with van der Waals surface area (Å²) < 4.78 is 4.59. The minimum atomic E-state index is -0.161. The SMILES string of the molecule is COC(=O)CCCSc1ccc(C(=O)C2CC2)cc1. The first-order chi connectivity index (χ1) is 9.20. The highest BCUT2D eigenvalue weighted by atomic mass is 32.2. The molecule has 1 aliphatic carbocycles. The Bertz CT molecular complexity index is 449. The van der Waals surface area contributed by atoms with Crippen LogP contribution in [0.25, 0.3) is 0 Å². The standard InChI is InChI=1S/C15H18O3S/c1-18-14(16)3-2-10-19-13-8-6-12(7-9-13)15(17)11-4-5-11/h6-9,11H,2-5,10H2,1H3. The number of carbonyl (C=O) groups excluding carboxylic acids is 2. The lowest BCUT2D eigenvalue weighted by molar-refractivity contribution is -0.140. The van der Waals surface area contributed by atoms with Crippen LogP contribution in [-0.4, -0.2) is 24.6 Å². The number of rotatable bonds is 7. The highest BCUT2D eigenvalue weighted by Gasteiger charge is 2.30. The number of esters is 1. The Kier molecular flexibility index (Phi) is 5.02. The average molecular weight is 278 g/mol. The summed E-state index contributed by atoms with van der Waals surface area (Å²) in [4.78, 5) is 23.9. The van der Waals surface area contributed by atoms with Gasteiger partial charge in [-0.3, -0.25) is 9.59 Å². The van der Waals surface area contributed by atoms with Crippen LogP contribution in [0.1, 0.15) is 36.0 Å². The molecule has 1 aliphatic rings. The normalized spacial score (nSPS) is 14.2. The molecule has 0 saturated heterocycles. The van der Waals surface area contributed by atoms with E-state index in [0.717, 1.165) is 35.5 Å². The molecular formula is C15H18O3S. The molecule has 2 rings (SSSR count). The molecule has 1 saturated carbocycles. The van der Waals surface area contributed by atoms with Crippen LogP contribution < -0.4 is 0 Å². The van der Waals surface area contributed by atoms with Crippen LogP contribution in [0.4, 0.5) is 0 Å². The number of thioether (sulfide) groups is 1. The lowest BCUT2D eigenvalue weighted by Gasteiger charge is -2.03. The second-order valence-corrected chi connectivity index (χ2v) is 5.86. The van der Waals surface area contributed by atoms with Gasteiger partial charge in [-0.15, -0.1) is 11.8 Å². The highest BCUT2D eigenvalue weighted by molar-refractivity contribution is 7.99. The summed E-state index contributed by atoms with van der Waals surface area (Å²) in [5.41, 5.74) is 0.821. The molecule has 0 spiro atoms. The Morgan fingerprint density at radius 1 is 1.26 bits per heavy atom. The number of ether oxygens (including phenoxy) is 1. The summed E-state index contributed by atoms with van der Waals surface area (Å²) in [6.07, 6.45) is 3.35. The topological polar surface area (TPSA) is 43.4 Å². The third-order valence-electron chi connectivity index (χ3n) is 3.11. The summed E-state index contributed by atoms with van der Waals surface area (Å²) in [5, 5.41) is 0. The smallest absolute Gasteiger partial charge is 0.305 e. The second kappa shape index (κ2) is 6.75. The fraction of sp³-hybridized carbons (Fsp3) is 0.467. The summed E-state index contributed by atoms with van der Waals surface area (Å²) in [6, 6.07) is 7.78. The number of carbonyl (C=O) groups is 2. The molecule has 0 amide bonds. The quantitative estimate of drug-likeness (QED) is 0.332. The van der Waals surface area contributed by atoms with E-state index in [1.807, 2.05) is 24.3 Å². The molecule has 1 fully saturated rings. The maximum absolute atomic E-state index is 11.8. The maximum Gasteiger partial charge on any atom is 0.305 e. The Morgan fingerprint density at radius 3 is 2.53 bits per heavy atom. The van der Waals surface area contributed by atoms with Gasteiger partial charge >= 0.3 is 5.97 Å². The molecule has 0 atom stereocenters. The van der Waals surface area contributed by atoms with Crippen molar-refractivity contribution in [2.45, 2.75) is 30.6 Å². The molecule has 0 heterocycles. The van der Waals surface area contributed by atoms with Gasteiger partial charge in [0.25, 0.3) is 0 Å². The van der Waals surface area contributed by atoms with E-state index in [0.29, 0.717) is 6.42 Å². The fourth-order valence-corrected chi connectivity index (χ4v) is 2.66. The number of hydrogen-bond acceptors (Lipinski definition) is 4. The molecule has 0 unspecified atom stereocenters. The van der Waals surface area contributed by atoms with Crippen molar-refractivity contribution < 1.29 is 14.3 Å². The fourth-order valence-electron chi connectivity index (χ4n) is 1.81. The van der Waals surface area contributed by atoms with Crippen molar-refractivity contribution >= 4 is 23.5 Å². The first-order valence-electron chi connectivity index (χ1n) is 6.54. The van der Waals surface area contributed by atoms with Crippen molar-refractivity contribution in [3.63, 3.8) is 0 Å². The van der Waals surface area contributed by atoms with Crippen LogP contribution in [0.5, 0.6) is 0 Å². The van der Waals surface area contributed by atoms with Gasteiger partial charge in [-0.2, -0.15) is 0 Å². The largest absolute Gasteiger partial charge is 0.469 e. The number of hydrogen-bond donors (Lipinski definition) is 0. The molecule has 4 heteroatoms. The van der Waals surface area contributed by atoms with Crippen LogP contribution in [0, 0.1) is 5.92 Å². The van der Waals surface area contributed by atoms with Crippen molar-refractivity contribution in [3.8, 4) is 0 Å². The third kappa shape index (κ3) is 4.39. The van der Waals surface area contributed by atoms with E-state index >= 15 is 0 Å². The van der Waals surface area contributed by atoms with Crippen LogP contribution in [0.3, 0.4) is 0 Å². The highest BCUT2D eigenvalue weighted by Crippen LogP contribution is 2.33. The summed E-state index contributed by atoms with van der Waals surface area (Å²) >= 11 is 1.70. The number of ketones is 1. The molecule has 0 aromatic heterocycles. The van der Waals surface area contributed by atoms with E-state index in [4.69, 9.17) is 0 Å². The van der Waals surface area contributed by atoms with Crippen molar-refractivity contribution in [2.24, 2.45) is 5.92 Å². The molecule has 19 heavy (non-hydrogen) atoms. The van der Waals surface area contributed by atoms with E-state index in [2.05, 4.69) is 4.74 Å². The molecule has 3 nitrogen and oxygen atoms in total. The average Bonchev–Trinajstić information content (AvgIpc) is 3.27. The Balaban J connectivity index is 1.75. The van der Waals surface area contributed by atoms with Gasteiger partial charge in [-0.25, -0.2) is 0 Å². The van der Waals surface area contributed by atoms with Gasteiger partial charge in [0.2, 0.25) is 0 Å². The van der Waals surface area contributed by atoms with Crippen LogP contribution in [-0.2, 0) is 9.53 Å². The lowest BCUT2D eigenvalue weighted by Crippen LogP contribution is -2.01. The van der Waals surface area contributed by atoms with Crippen molar-refractivity contribution in [2.75, 3.05) is 12.9 Å².